The van der Waals surface area contributed by atoms with Gasteiger partial charge in [-0.1, -0.05) is 0 Å². The van der Waals surface area contributed by atoms with Gasteiger partial charge in [0, 0.05) is 5.69 Å². The second kappa shape index (κ2) is 5.68. The van der Waals surface area contributed by atoms with Gasteiger partial charge in [0.15, 0.2) is 0 Å². The van der Waals surface area contributed by atoms with E-state index in [-0.39, 0.29) is 18.1 Å². The maximum Gasteiger partial charge on any atom is 0.250 e. The van der Waals surface area contributed by atoms with E-state index >= 15 is 0 Å². The lowest BCUT2D eigenvalue weighted by atomic mass is 10.2. The predicted molar refractivity (Wildman–Crippen MR) is 67.3 cm³/mol. The minimum Gasteiger partial charge on any atom is -0.497 e. The lowest BCUT2D eigenvalue weighted by Crippen LogP contribution is -2.27. The molecule has 0 radical (unpaired) electrons. The van der Waals surface area contributed by atoms with E-state index in [2.05, 4.69) is 5.32 Å². The summed E-state index contributed by atoms with van der Waals surface area (Å²) < 4.78 is 10.4. The number of methoxy groups -OCH3 is 1. The normalized spacial score (nSPS) is 11.1. The van der Waals surface area contributed by atoms with Crippen molar-refractivity contribution in [3.05, 3.63) is 24.3 Å². The molecule has 0 saturated carbocycles. The van der Waals surface area contributed by atoms with Crippen LogP contribution in [0.2, 0.25) is 0 Å². The molecule has 0 atom stereocenters. The number of ether oxygens (including phenoxy) is 2. The maximum atomic E-state index is 11.5. The van der Waals surface area contributed by atoms with Gasteiger partial charge in [-0.15, -0.1) is 0 Å². The first-order chi connectivity index (χ1) is 7.90. The van der Waals surface area contributed by atoms with Crippen molar-refractivity contribution >= 4 is 11.6 Å². The van der Waals surface area contributed by atoms with E-state index in [1.165, 1.54) is 0 Å². The molecule has 94 valence electrons. The fourth-order valence-corrected chi connectivity index (χ4v) is 1.15. The van der Waals surface area contributed by atoms with Gasteiger partial charge in [0.05, 0.1) is 12.7 Å². The van der Waals surface area contributed by atoms with Crippen molar-refractivity contribution in [2.75, 3.05) is 19.0 Å². The molecular formula is C13H19NO3. The summed E-state index contributed by atoms with van der Waals surface area (Å²) >= 11 is 0. The second-order valence-corrected chi connectivity index (χ2v) is 4.68. The first-order valence-electron chi connectivity index (χ1n) is 5.48. The Labute approximate surface area is 102 Å². The molecule has 0 aromatic heterocycles. The maximum absolute atomic E-state index is 11.5. The van der Waals surface area contributed by atoms with Crippen LogP contribution >= 0.6 is 0 Å². The molecule has 1 aromatic rings. The topological polar surface area (TPSA) is 47.6 Å². The summed E-state index contributed by atoms with van der Waals surface area (Å²) in [7, 11) is 1.60. The molecule has 0 aliphatic heterocycles. The lowest BCUT2D eigenvalue weighted by molar-refractivity contribution is -0.125. The van der Waals surface area contributed by atoms with Crippen LogP contribution in [0.15, 0.2) is 24.3 Å². The second-order valence-electron chi connectivity index (χ2n) is 4.68. The number of anilines is 1. The minimum atomic E-state index is -0.308. The molecule has 1 amide bonds. The Bertz CT molecular complexity index is 365. The van der Waals surface area contributed by atoms with Gasteiger partial charge in [-0.05, 0) is 45.0 Å². The number of amides is 1. The fraction of sp³-hybridized carbons (Fsp3) is 0.462. The highest BCUT2D eigenvalue weighted by atomic mass is 16.5. The molecule has 0 unspecified atom stereocenters. The van der Waals surface area contributed by atoms with Crippen molar-refractivity contribution in [1.29, 1.82) is 0 Å². The Hall–Kier alpha value is -1.55. The summed E-state index contributed by atoms with van der Waals surface area (Å²) in [5.41, 5.74) is 0.422. The van der Waals surface area contributed by atoms with Crippen molar-refractivity contribution in [3.8, 4) is 5.75 Å². The highest BCUT2D eigenvalue weighted by Crippen LogP contribution is 2.15. The SMILES string of the molecule is COc1ccc(NC(=O)COC(C)(C)C)cc1. The Morgan fingerprint density at radius 1 is 1.24 bits per heavy atom. The third kappa shape index (κ3) is 5.36. The van der Waals surface area contributed by atoms with Gasteiger partial charge < -0.3 is 14.8 Å². The summed E-state index contributed by atoms with van der Waals surface area (Å²) in [4.78, 5) is 11.5. The molecule has 0 aliphatic rings. The number of benzene rings is 1. The molecule has 0 aliphatic carbocycles. The number of rotatable bonds is 4. The summed E-state index contributed by atoms with van der Waals surface area (Å²) in [6.07, 6.45) is 0. The van der Waals surface area contributed by atoms with Crippen molar-refractivity contribution in [2.24, 2.45) is 0 Å². The van der Waals surface area contributed by atoms with Crippen LogP contribution in [0, 0.1) is 0 Å². The molecule has 0 bridgehead atoms. The fourth-order valence-electron chi connectivity index (χ4n) is 1.15. The largest absolute Gasteiger partial charge is 0.497 e. The van der Waals surface area contributed by atoms with Gasteiger partial charge in [0.25, 0.3) is 0 Å². The third-order valence-electron chi connectivity index (χ3n) is 2.01. The van der Waals surface area contributed by atoms with Gasteiger partial charge in [-0.2, -0.15) is 0 Å². The van der Waals surface area contributed by atoms with E-state index < -0.39 is 0 Å². The van der Waals surface area contributed by atoms with Gasteiger partial charge >= 0.3 is 0 Å². The van der Waals surface area contributed by atoms with Gasteiger partial charge in [0.1, 0.15) is 12.4 Å². The highest BCUT2D eigenvalue weighted by molar-refractivity contribution is 5.91. The van der Waals surface area contributed by atoms with Crippen LogP contribution in [-0.4, -0.2) is 25.2 Å². The smallest absolute Gasteiger partial charge is 0.250 e. The average Bonchev–Trinajstić information content (AvgIpc) is 2.27. The minimum absolute atomic E-state index is 0.0511. The molecular weight excluding hydrogens is 218 g/mol. The van der Waals surface area contributed by atoms with E-state index in [4.69, 9.17) is 9.47 Å². The summed E-state index contributed by atoms with van der Waals surface area (Å²) in [5.74, 6) is 0.596. The Balaban J connectivity index is 2.45. The molecule has 1 aromatic carbocycles. The first kappa shape index (κ1) is 13.5. The number of hydrogen-bond donors (Lipinski definition) is 1. The van der Waals surface area contributed by atoms with Gasteiger partial charge in [-0.25, -0.2) is 0 Å². The van der Waals surface area contributed by atoms with E-state index in [1.54, 1.807) is 31.4 Å². The van der Waals surface area contributed by atoms with Gasteiger partial charge in [-0.3, -0.25) is 4.79 Å². The van der Waals surface area contributed by atoms with Crippen LogP contribution in [0.4, 0.5) is 5.69 Å². The standard InChI is InChI=1S/C13H19NO3/c1-13(2,3)17-9-12(15)14-10-5-7-11(16-4)8-6-10/h5-8H,9H2,1-4H3,(H,14,15). The first-order valence-corrected chi connectivity index (χ1v) is 5.48. The number of carbonyl (C=O) groups excluding carboxylic acids is 1. The van der Waals surface area contributed by atoms with Gasteiger partial charge in [0.2, 0.25) is 5.91 Å². The zero-order valence-corrected chi connectivity index (χ0v) is 10.7. The molecule has 0 heterocycles. The third-order valence-corrected chi connectivity index (χ3v) is 2.01. The number of nitrogens with one attached hydrogen (secondary N) is 1. The van der Waals surface area contributed by atoms with Crippen LogP contribution in [0.3, 0.4) is 0 Å². The van der Waals surface area contributed by atoms with Crippen molar-refractivity contribution in [3.63, 3.8) is 0 Å². The van der Waals surface area contributed by atoms with Crippen LogP contribution in [-0.2, 0) is 9.53 Å². The molecule has 4 heteroatoms. The number of hydrogen-bond acceptors (Lipinski definition) is 3. The van der Waals surface area contributed by atoms with E-state index in [0.717, 1.165) is 11.4 Å². The molecule has 4 nitrogen and oxygen atoms in total. The van der Waals surface area contributed by atoms with Crippen molar-refractivity contribution in [1.82, 2.24) is 0 Å². The molecule has 0 spiro atoms. The molecule has 1 N–H and O–H groups in total. The van der Waals surface area contributed by atoms with Crippen molar-refractivity contribution < 1.29 is 14.3 Å². The van der Waals surface area contributed by atoms with E-state index in [1.807, 2.05) is 20.8 Å². The Kier molecular flexibility index (Phi) is 4.52. The zero-order chi connectivity index (χ0) is 12.9. The predicted octanol–water partition coefficient (Wildman–Crippen LogP) is 2.45. The number of carbonyl (C=O) groups is 1. The quantitative estimate of drug-likeness (QED) is 0.875. The molecule has 0 saturated heterocycles. The molecule has 0 fully saturated rings. The molecule has 1 rings (SSSR count). The molecule has 17 heavy (non-hydrogen) atoms. The summed E-state index contributed by atoms with van der Waals surface area (Å²) in [6.45, 7) is 5.78. The lowest BCUT2D eigenvalue weighted by Gasteiger charge is -2.19. The highest BCUT2D eigenvalue weighted by Gasteiger charge is 2.12. The van der Waals surface area contributed by atoms with E-state index in [9.17, 15) is 4.79 Å². The van der Waals surface area contributed by atoms with Crippen LogP contribution in [0.1, 0.15) is 20.8 Å². The summed E-state index contributed by atoms with van der Waals surface area (Å²) in [6, 6.07) is 7.15. The average molecular weight is 237 g/mol. The van der Waals surface area contributed by atoms with Crippen LogP contribution < -0.4 is 10.1 Å². The van der Waals surface area contributed by atoms with Crippen LogP contribution in [0.25, 0.3) is 0 Å². The Morgan fingerprint density at radius 2 is 1.82 bits per heavy atom. The van der Waals surface area contributed by atoms with E-state index in [0.29, 0.717) is 0 Å². The van der Waals surface area contributed by atoms with Crippen molar-refractivity contribution in [2.45, 2.75) is 26.4 Å². The Morgan fingerprint density at radius 3 is 2.29 bits per heavy atom. The zero-order valence-electron chi connectivity index (χ0n) is 10.7. The summed E-state index contributed by atoms with van der Waals surface area (Å²) in [5, 5.41) is 2.75. The monoisotopic (exact) mass is 237 g/mol. The van der Waals surface area contributed by atoms with Crippen LogP contribution in [0.5, 0.6) is 5.75 Å².